The second-order valence-corrected chi connectivity index (χ2v) is 11.6. The van der Waals surface area contributed by atoms with Gasteiger partial charge in [0.05, 0.1) is 24.3 Å². The normalized spacial score (nSPS) is 11.3. The number of amides is 3. The number of esters is 1. The van der Waals surface area contributed by atoms with Crippen molar-refractivity contribution < 1.29 is 41.8 Å². The van der Waals surface area contributed by atoms with Gasteiger partial charge in [-0.1, -0.05) is 73.7 Å². The van der Waals surface area contributed by atoms with Crippen LogP contribution in [0.2, 0.25) is 0 Å². The first kappa shape index (κ1) is 38.2. The maximum atomic E-state index is 13.5. The Morgan fingerprint density at radius 3 is 1.96 bits per heavy atom. The quantitative estimate of drug-likeness (QED) is 0.0935. The molecule has 0 aliphatic carbocycles. The van der Waals surface area contributed by atoms with E-state index in [1.165, 1.54) is 12.1 Å². The number of benzene rings is 4. The molecule has 0 heterocycles. The van der Waals surface area contributed by atoms with Crippen molar-refractivity contribution in [1.82, 2.24) is 10.6 Å². The van der Waals surface area contributed by atoms with Gasteiger partial charge in [-0.2, -0.15) is 13.2 Å². The molecule has 3 N–H and O–H groups in total. The number of rotatable bonds is 15. The van der Waals surface area contributed by atoms with Crippen LogP contribution in [0.3, 0.4) is 0 Å². The smallest absolute Gasteiger partial charge is 0.416 e. The second kappa shape index (κ2) is 17.3. The molecule has 9 nitrogen and oxygen atoms in total. The average molecular weight is 704 g/mol. The van der Waals surface area contributed by atoms with E-state index in [-0.39, 0.29) is 30.8 Å². The molecule has 0 saturated heterocycles. The fraction of sp³-hybridized carbons (Fsp3) is 0.282. The van der Waals surface area contributed by atoms with Crippen LogP contribution < -0.4 is 20.7 Å². The lowest BCUT2D eigenvalue weighted by Gasteiger charge is -2.31. The van der Waals surface area contributed by atoms with Gasteiger partial charge in [-0.15, -0.1) is 0 Å². The zero-order valence-electron chi connectivity index (χ0n) is 28.6. The molecule has 3 amide bonds. The number of hydrogen-bond donors (Lipinski definition) is 3. The number of anilines is 1. The summed E-state index contributed by atoms with van der Waals surface area (Å²) in [5, 5.41) is 8.22. The molecule has 0 spiro atoms. The third-order valence-electron chi connectivity index (χ3n) is 7.97. The highest BCUT2D eigenvalue weighted by atomic mass is 19.4. The Hall–Kier alpha value is -5.65. The summed E-state index contributed by atoms with van der Waals surface area (Å²) in [6.45, 7) is 5.62. The molecule has 0 aliphatic rings. The molecule has 12 heteroatoms. The van der Waals surface area contributed by atoms with Crippen molar-refractivity contribution in [3.8, 4) is 16.9 Å². The second-order valence-electron chi connectivity index (χ2n) is 11.6. The fourth-order valence-electron chi connectivity index (χ4n) is 5.40. The monoisotopic (exact) mass is 703 g/mol. The Labute approximate surface area is 294 Å². The average Bonchev–Trinajstić information content (AvgIpc) is 3.12. The summed E-state index contributed by atoms with van der Waals surface area (Å²) in [7, 11) is 0. The van der Waals surface area contributed by atoms with Crippen molar-refractivity contribution in [2.45, 2.75) is 45.2 Å². The van der Waals surface area contributed by atoms with E-state index in [0.29, 0.717) is 41.0 Å². The van der Waals surface area contributed by atoms with E-state index in [1.54, 1.807) is 86.6 Å². The minimum absolute atomic E-state index is 0.229. The Balaban J connectivity index is 1.55. The van der Waals surface area contributed by atoms with E-state index in [1.807, 2.05) is 6.92 Å². The maximum absolute atomic E-state index is 13.5. The fourth-order valence-corrected chi connectivity index (χ4v) is 5.40. The largest absolute Gasteiger partial charge is 0.491 e. The van der Waals surface area contributed by atoms with Crippen LogP contribution in [0.25, 0.3) is 11.1 Å². The number of hydrogen-bond acceptors (Lipinski definition) is 6. The van der Waals surface area contributed by atoms with Crippen LogP contribution in [0.5, 0.6) is 5.75 Å². The molecule has 0 bridgehead atoms. The Kier molecular flexibility index (Phi) is 13.0. The summed E-state index contributed by atoms with van der Waals surface area (Å²) in [5.41, 5.74) is -0.374. The van der Waals surface area contributed by atoms with Gasteiger partial charge in [0.2, 0.25) is 11.8 Å². The van der Waals surface area contributed by atoms with E-state index < -0.39 is 47.5 Å². The van der Waals surface area contributed by atoms with Gasteiger partial charge in [0.25, 0.3) is 5.91 Å². The molecular formula is C39H40F3N3O6. The molecule has 268 valence electrons. The maximum Gasteiger partial charge on any atom is 0.416 e. The molecule has 0 aromatic heterocycles. The lowest BCUT2D eigenvalue weighted by molar-refractivity contribution is -0.150. The number of alkyl halides is 3. The molecule has 0 aliphatic heterocycles. The van der Waals surface area contributed by atoms with Crippen LogP contribution in [0, 0.1) is 0 Å². The summed E-state index contributed by atoms with van der Waals surface area (Å²) in [6.07, 6.45) is -4.07. The van der Waals surface area contributed by atoms with E-state index in [2.05, 4.69) is 16.0 Å². The summed E-state index contributed by atoms with van der Waals surface area (Å²) >= 11 is 0. The van der Waals surface area contributed by atoms with Crippen LogP contribution >= 0.6 is 0 Å². The van der Waals surface area contributed by atoms with Crippen LogP contribution in [-0.2, 0) is 37.1 Å². The lowest BCUT2D eigenvalue weighted by Crippen LogP contribution is -2.57. The molecule has 0 saturated carbocycles. The summed E-state index contributed by atoms with van der Waals surface area (Å²) in [4.78, 5) is 53.6. The van der Waals surface area contributed by atoms with Crippen molar-refractivity contribution in [2.75, 3.05) is 31.6 Å². The SMILES string of the molecule is CCCOc1cc(CC(=O)OCC(C(=O)NCC)(C(=O)NCC)c2ccccc2)ccc1NC(=O)c1ccccc1-c1ccc(C(F)(F)F)cc1. The van der Waals surface area contributed by atoms with Crippen molar-refractivity contribution in [1.29, 1.82) is 0 Å². The molecule has 51 heavy (non-hydrogen) atoms. The number of ether oxygens (including phenoxy) is 2. The standard InChI is InChI=1S/C39H40F3N3O6/c1-4-22-50-33-23-26(24-34(46)51-25-38(36(48)43-5-2,37(49)44-6-3)28-12-8-7-9-13-28)16-21-32(33)45-35(47)31-15-11-10-14-30(31)27-17-19-29(20-18-27)39(40,41)42/h7-21,23H,4-6,22,24-25H2,1-3H3,(H,43,48)(H,44,49)(H,45,47). The van der Waals surface area contributed by atoms with Crippen LogP contribution in [-0.4, -0.2) is 50.0 Å². The summed E-state index contributed by atoms with van der Waals surface area (Å²) < 4.78 is 50.9. The van der Waals surface area contributed by atoms with E-state index in [0.717, 1.165) is 12.1 Å². The molecule has 0 unspecified atom stereocenters. The topological polar surface area (TPSA) is 123 Å². The van der Waals surface area contributed by atoms with Crippen LogP contribution in [0.4, 0.5) is 18.9 Å². The van der Waals surface area contributed by atoms with E-state index in [4.69, 9.17) is 9.47 Å². The first-order valence-electron chi connectivity index (χ1n) is 16.6. The molecule has 0 atom stereocenters. The predicted molar refractivity (Wildman–Crippen MR) is 187 cm³/mol. The highest BCUT2D eigenvalue weighted by molar-refractivity contribution is 6.11. The predicted octanol–water partition coefficient (Wildman–Crippen LogP) is 6.71. The highest BCUT2D eigenvalue weighted by Gasteiger charge is 2.48. The number of nitrogens with one attached hydrogen (secondary N) is 3. The third kappa shape index (κ3) is 9.33. The molecular weight excluding hydrogens is 663 g/mol. The molecule has 4 aromatic rings. The van der Waals surface area contributed by atoms with Crippen molar-refractivity contribution in [3.63, 3.8) is 0 Å². The number of carbonyl (C=O) groups is 4. The summed E-state index contributed by atoms with van der Waals surface area (Å²) in [5.74, 6) is -2.15. The van der Waals surface area contributed by atoms with Gasteiger partial charge < -0.3 is 25.4 Å². The minimum atomic E-state index is -4.49. The Morgan fingerprint density at radius 1 is 0.725 bits per heavy atom. The number of halogens is 3. The van der Waals surface area contributed by atoms with E-state index >= 15 is 0 Å². The first-order chi connectivity index (χ1) is 24.4. The third-order valence-corrected chi connectivity index (χ3v) is 7.97. The zero-order valence-corrected chi connectivity index (χ0v) is 28.6. The highest BCUT2D eigenvalue weighted by Crippen LogP contribution is 2.33. The van der Waals surface area contributed by atoms with Crippen LogP contribution in [0.15, 0.2) is 97.1 Å². The van der Waals surface area contributed by atoms with Gasteiger partial charge in [0.1, 0.15) is 12.4 Å². The van der Waals surface area contributed by atoms with Gasteiger partial charge in [0.15, 0.2) is 5.41 Å². The first-order valence-corrected chi connectivity index (χ1v) is 16.6. The Morgan fingerprint density at radius 2 is 1.35 bits per heavy atom. The lowest BCUT2D eigenvalue weighted by atomic mass is 9.79. The zero-order chi connectivity index (χ0) is 37.0. The molecule has 4 aromatic carbocycles. The van der Waals surface area contributed by atoms with E-state index in [9.17, 15) is 32.3 Å². The van der Waals surface area contributed by atoms with Gasteiger partial charge >= 0.3 is 12.1 Å². The van der Waals surface area contributed by atoms with Crippen molar-refractivity contribution in [2.24, 2.45) is 0 Å². The summed E-state index contributed by atoms with van der Waals surface area (Å²) in [6, 6.07) is 24.3. The van der Waals surface area contributed by atoms with Gasteiger partial charge in [-0.25, -0.2) is 0 Å². The van der Waals surface area contributed by atoms with Gasteiger partial charge in [0, 0.05) is 18.7 Å². The van der Waals surface area contributed by atoms with Crippen molar-refractivity contribution in [3.05, 3.63) is 119 Å². The molecule has 4 rings (SSSR count). The van der Waals surface area contributed by atoms with Crippen molar-refractivity contribution >= 4 is 29.4 Å². The van der Waals surface area contributed by atoms with Crippen LogP contribution in [0.1, 0.15) is 54.2 Å². The van der Waals surface area contributed by atoms with Gasteiger partial charge in [-0.3, -0.25) is 19.2 Å². The molecule has 0 fully saturated rings. The number of likely N-dealkylation sites (N-methyl/N-ethyl adjacent to an activating group) is 2. The number of carbonyl (C=O) groups excluding carboxylic acids is 4. The Bertz CT molecular complexity index is 1810. The molecule has 0 radical (unpaired) electrons. The minimum Gasteiger partial charge on any atom is -0.491 e. The van der Waals surface area contributed by atoms with Gasteiger partial charge in [-0.05, 0) is 72.9 Å².